The van der Waals surface area contributed by atoms with Gasteiger partial charge in [0.15, 0.2) is 9.84 Å². The molecule has 1 aromatic rings. The van der Waals surface area contributed by atoms with Gasteiger partial charge in [0.05, 0.1) is 4.90 Å². The Morgan fingerprint density at radius 1 is 1.21 bits per heavy atom. The molecule has 1 aromatic carbocycles. The van der Waals surface area contributed by atoms with E-state index in [0.29, 0.717) is 4.90 Å². The van der Waals surface area contributed by atoms with Crippen LogP contribution in [0.1, 0.15) is 13.8 Å². The van der Waals surface area contributed by atoms with E-state index in [1.54, 1.807) is 44.2 Å². The Bertz CT molecular complexity index is 449. The highest BCUT2D eigenvalue weighted by molar-refractivity contribution is 7.92. The number of hydrogen-bond acceptors (Lipinski definition) is 2. The zero-order valence-corrected chi connectivity index (χ0v) is 9.01. The van der Waals surface area contributed by atoms with Crippen molar-refractivity contribution in [2.24, 2.45) is 0 Å². The second kappa shape index (κ2) is 4.30. The van der Waals surface area contributed by atoms with E-state index in [4.69, 9.17) is 0 Å². The molecule has 0 amide bonds. The minimum Gasteiger partial charge on any atom is -0.222 e. The Morgan fingerprint density at radius 2 is 1.79 bits per heavy atom. The van der Waals surface area contributed by atoms with Crippen LogP contribution in [0.5, 0.6) is 0 Å². The summed E-state index contributed by atoms with van der Waals surface area (Å²) in [4.78, 5) is 0.329. The molecule has 74 valence electrons. The van der Waals surface area contributed by atoms with E-state index in [1.807, 2.05) is 0 Å². The number of rotatable bonds is 2. The summed E-state index contributed by atoms with van der Waals surface area (Å²) in [5.74, 6) is 5.26. The second-order valence-corrected chi connectivity index (χ2v) is 5.16. The quantitative estimate of drug-likeness (QED) is 0.695. The summed E-state index contributed by atoms with van der Waals surface area (Å²) in [6.45, 7) is 3.23. The van der Waals surface area contributed by atoms with Crippen molar-refractivity contribution in [1.29, 1.82) is 0 Å². The largest absolute Gasteiger partial charge is 0.222 e. The molecular weight excluding hydrogens is 196 g/mol. The van der Waals surface area contributed by atoms with E-state index in [-0.39, 0.29) is 0 Å². The molecular formula is C11H12O2S. The van der Waals surface area contributed by atoms with Gasteiger partial charge >= 0.3 is 0 Å². The Kier molecular flexibility index (Phi) is 3.32. The molecule has 0 heterocycles. The molecule has 14 heavy (non-hydrogen) atoms. The summed E-state index contributed by atoms with van der Waals surface area (Å²) < 4.78 is 23.6. The van der Waals surface area contributed by atoms with E-state index in [9.17, 15) is 8.42 Å². The Morgan fingerprint density at radius 3 is 2.29 bits per heavy atom. The predicted molar refractivity (Wildman–Crippen MR) is 56.5 cm³/mol. The van der Waals surface area contributed by atoms with E-state index >= 15 is 0 Å². The molecule has 0 spiro atoms. The monoisotopic (exact) mass is 208 g/mol. The van der Waals surface area contributed by atoms with Crippen LogP contribution in [-0.2, 0) is 9.84 Å². The first-order valence-corrected chi connectivity index (χ1v) is 5.85. The zero-order valence-electron chi connectivity index (χ0n) is 8.19. The van der Waals surface area contributed by atoms with Crippen molar-refractivity contribution in [2.45, 2.75) is 24.0 Å². The molecule has 0 aliphatic heterocycles. The first-order valence-electron chi connectivity index (χ1n) is 4.30. The lowest BCUT2D eigenvalue weighted by Crippen LogP contribution is -2.15. The highest BCUT2D eigenvalue weighted by Gasteiger charge is 2.20. The van der Waals surface area contributed by atoms with Gasteiger partial charge in [0.1, 0.15) is 5.25 Å². The fraction of sp³-hybridized carbons (Fsp3) is 0.273. The van der Waals surface area contributed by atoms with E-state index in [1.165, 1.54) is 0 Å². The maximum absolute atomic E-state index is 11.8. The van der Waals surface area contributed by atoms with Crippen LogP contribution in [-0.4, -0.2) is 13.7 Å². The maximum atomic E-state index is 11.8. The smallest absolute Gasteiger partial charge is 0.192 e. The van der Waals surface area contributed by atoms with Crippen LogP contribution >= 0.6 is 0 Å². The molecule has 0 radical (unpaired) electrons. The summed E-state index contributed by atoms with van der Waals surface area (Å²) in [5.41, 5.74) is 0. The Labute approximate surface area is 84.9 Å². The molecule has 1 unspecified atom stereocenters. The van der Waals surface area contributed by atoms with Crippen molar-refractivity contribution in [3.8, 4) is 11.8 Å². The van der Waals surface area contributed by atoms with Crippen LogP contribution in [0, 0.1) is 11.8 Å². The van der Waals surface area contributed by atoms with E-state index in [0.717, 1.165) is 0 Å². The molecule has 2 nitrogen and oxygen atoms in total. The molecule has 0 aromatic heterocycles. The number of benzene rings is 1. The van der Waals surface area contributed by atoms with Crippen LogP contribution in [0.2, 0.25) is 0 Å². The predicted octanol–water partition coefficient (Wildman–Crippen LogP) is 1.87. The van der Waals surface area contributed by atoms with Crippen LogP contribution in [0.15, 0.2) is 35.2 Å². The van der Waals surface area contributed by atoms with Gasteiger partial charge in [-0.15, -0.1) is 5.92 Å². The van der Waals surface area contributed by atoms with E-state index in [2.05, 4.69) is 11.8 Å². The summed E-state index contributed by atoms with van der Waals surface area (Å²) in [6.07, 6.45) is 0. The minimum absolute atomic E-state index is 0.329. The minimum atomic E-state index is -3.27. The molecule has 0 bridgehead atoms. The molecule has 0 fully saturated rings. The van der Waals surface area contributed by atoms with Crippen LogP contribution in [0.3, 0.4) is 0 Å². The van der Waals surface area contributed by atoms with Gasteiger partial charge in [0, 0.05) is 0 Å². The third kappa shape index (κ3) is 2.15. The summed E-state index contributed by atoms with van der Waals surface area (Å²) in [6, 6.07) is 8.37. The van der Waals surface area contributed by atoms with Gasteiger partial charge in [0.25, 0.3) is 0 Å². The average molecular weight is 208 g/mol. The van der Waals surface area contributed by atoms with Gasteiger partial charge in [0.2, 0.25) is 0 Å². The van der Waals surface area contributed by atoms with Crippen molar-refractivity contribution < 1.29 is 8.42 Å². The van der Waals surface area contributed by atoms with Gasteiger partial charge in [-0.3, -0.25) is 0 Å². The molecule has 3 heteroatoms. The molecule has 0 N–H and O–H groups in total. The van der Waals surface area contributed by atoms with Crippen molar-refractivity contribution in [3.63, 3.8) is 0 Å². The summed E-state index contributed by atoms with van der Waals surface area (Å²) in [7, 11) is -3.27. The SMILES string of the molecule is CC#CC(C)S(=O)(=O)c1ccccc1. The Balaban J connectivity index is 3.14. The summed E-state index contributed by atoms with van der Waals surface area (Å²) in [5, 5.41) is -0.644. The Hall–Kier alpha value is -1.27. The first kappa shape index (κ1) is 10.8. The van der Waals surface area contributed by atoms with Crippen LogP contribution in [0.25, 0.3) is 0 Å². The second-order valence-electron chi connectivity index (χ2n) is 2.89. The lowest BCUT2D eigenvalue weighted by molar-refractivity contribution is 0.592. The molecule has 1 atom stereocenters. The van der Waals surface area contributed by atoms with Gasteiger partial charge < -0.3 is 0 Å². The molecule has 0 saturated heterocycles. The van der Waals surface area contributed by atoms with Gasteiger partial charge in [-0.2, -0.15) is 0 Å². The average Bonchev–Trinajstić information content (AvgIpc) is 2.19. The third-order valence-electron chi connectivity index (χ3n) is 1.88. The van der Waals surface area contributed by atoms with Crippen molar-refractivity contribution in [1.82, 2.24) is 0 Å². The number of hydrogen-bond donors (Lipinski definition) is 0. The maximum Gasteiger partial charge on any atom is 0.192 e. The molecule has 0 aliphatic carbocycles. The fourth-order valence-electron chi connectivity index (χ4n) is 1.10. The van der Waals surface area contributed by atoms with Crippen molar-refractivity contribution in [3.05, 3.63) is 30.3 Å². The first-order chi connectivity index (χ1) is 6.59. The van der Waals surface area contributed by atoms with E-state index < -0.39 is 15.1 Å². The van der Waals surface area contributed by atoms with Crippen LogP contribution < -0.4 is 0 Å². The summed E-state index contributed by atoms with van der Waals surface area (Å²) >= 11 is 0. The molecule has 1 rings (SSSR count). The fourth-order valence-corrected chi connectivity index (χ4v) is 2.31. The topological polar surface area (TPSA) is 34.1 Å². The lowest BCUT2D eigenvalue weighted by Gasteiger charge is -2.06. The highest BCUT2D eigenvalue weighted by atomic mass is 32.2. The van der Waals surface area contributed by atoms with Gasteiger partial charge in [-0.05, 0) is 26.0 Å². The van der Waals surface area contributed by atoms with Gasteiger partial charge in [-0.1, -0.05) is 24.1 Å². The van der Waals surface area contributed by atoms with Gasteiger partial charge in [-0.25, -0.2) is 8.42 Å². The third-order valence-corrected chi connectivity index (χ3v) is 3.86. The number of sulfone groups is 1. The van der Waals surface area contributed by atoms with Crippen LogP contribution in [0.4, 0.5) is 0 Å². The normalized spacial score (nSPS) is 12.7. The van der Waals surface area contributed by atoms with Crippen molar-refractivity contribution >= 4 is 9.84 Å². The van der Waals surface area contributed by atoms with Crippen molar-refractivity contribution in [2.75, 3.05) is 0 Å². The standard InChI is InChI=1S/C11H12O2S/c1-3-7-10(2)14(12,13)11-8-5-4-6-9-11/h4-6,8-10H,1-2H3. The molecule has 0 aliphatic rings. The molecule has 0 saturated carbocycles. The highest BCUT2D eigenvalue weighted by Crippen LogP contribution is 2.14. The lowest BCUT2D eigenvalue weighted by atomic mass is 10.4. The zero-order chi connectivity index (χ0) is 10.6.